The van der Waals surface area contributed by atoms with E-state index in [1.807, 2.05) is 0 Å². The van der Waals surface area contributed by atoms with Crippen LogP contribution in [-0.4, -0.2) is 72.8 Å². The molecule has 0 unspecified atom stereocenters. The van der Waals surface area contributed by atoms with E-state index in [1.54, 1.807) is 18.2 Å². The van der Waals surface area contributed by atoms with Gasteiger partial charge in [0.05, 0.1) is 29.0 Å². The van der Waals surface area contributed by atoms with Gasteiger partial charge in [0, 0.05) is 6.07 Å². The summed E-state index contributed by atoms with van der Waals surface area (Å²) < 4.78 is 22.9. The molecule has 0 spiro atoms. The van der Waals surface area contributed by atoms with Crippen LogP contribution < -0.4 is 0 Å². The Morgan fingerprint density at radius 1 is 1.19 bits per heavy atom. The summed E-state index contributed by atoms with van der Waals surface area (Å²) in [6, 6.07) is 11.8. The number of nitro groups is 1. The van der Waals surface area contributed by atoms with Crippen LogP contribution in [0.2, 0.25) is 0 Å². The Morgan fingerprint density at radius 2 is 1.97 bits per heavy atom. The van der Waals surface area contributed by atoms with Gasteiger partial charge < -0.3 is 29.2 Å². The summed E-state index contributed by atoms with van der Waals surface area (Å²) in [5.41, 5.74) is 0.316. The number of phenolic OH excluding ortho intramolecular Hbond substituents is 1. The number of aromatic nitrogens is 3. The number of nitrogens with zero attached hydrogens (tertiary/aromatic N) is 4. The topological polar surface area (TPSA) is 185 Å². The second-order valence-corrected chi connectivity index (χ2v) is 7.95. The molecule has 2 saturated heterocycles. The van der Waals surface area contributed by atoms with Gasteiger partial charge in [-0.25, -0.2) is 14.3 Å². The molecule has 0 bridgehead atoms. The lowest BCUT2D eigenvalue weighted by molar-refractivity contribution is -0.385. The molecule has 36 heavy (non-hydrogen) atoms. The maximum atomic E-state index is 12.4. The Balaban J connectivity index is 1.22. The predicted octanol–water partition coefficient (Wildman–Crippen LogP) is 0.634. The standard InChI is InChI=1S/C22H18N4O10/c27-15-7-6-13(8-14(15)26(31)32)25-9-12(23-24-25)10-33-22-16(28)17-18(36-22)19(21(30)34-17)35-20(29)11-4-2-1-3-5-11/h1-9,16-19,22,27-28H,10H2/t16-,17-,18+,19+,22-/m0/s1. The van der Waals surface area contributed by atoms with Gasteiger partial charge in [-0.2, -0.15) is 0 Å². The summed E-state index contributed by atoms with van der Waals surface area (Å²) in [7, 11) is 0. The Hall–Kier alpha value is -4.40. The monoisotopic (exact) mass is 498 g/mol. The molecule has 14 heteroatoms. The third-order valence-corrected chi connectivity index (χ3v) is 5.61. The van der Waals surface area contributed by atoms with Gasteiger partial charge in [-0.15, -0.1) is 5.10 Å². The van der Waals surface area contributed by atoms with Crippen LogP contribution in [0.15, 0.2) is 54.7 Å². The van der Waals surface area contributed by atoms with Crippen molar-refractivity contribution in [1.29, 1.82) is 0 Å². The highest BCUT2D eigenvalue weighted by Gasteiger charge is 2.59. The Bertz CT molecular complexity index is 1310. The normalized spacial score (nSPS) is 24.8. The molecule has 0 radical (unpaired) electrons. The van der Waals surface area contributed by atoms with Crippen molar-refractivity contribution in [1.82, 2.24) is 15.0 Å². The molecule has 2 aliphatic heterocycles. The third kappa shape index (κ3) is 4.35. The quantitative estimate of drug-likeness (QED) is 0.263. The van der Waals surface area contributed by atoms with Gasteiger partial charge in [0.1, 0.15) is 17.9 Å². The minimum Gasteiger partial charge on any atom is -0.502 e. The highest BCUT2D eigenvalue weighted by molar-refractivity contribution is 5.92. The lowest BCUT2D eigenvalue weighted by Crippen LogP contribution is -2.35. The van der Waals surface area contributed by atoms with Crippen molar-refractivity contribution < 1.29 is 43.7 Å². The molecule has 3 heterocycles. The average molecular weight is 498 g/mol. The molecule has 2 aromatic carbocycles. The summed E-state index contributed by atoms with van der Waals surface area (Å²) in [5.74, 6) is -2.07. The Morgan fingerprint density at radius 3 is 2.72 bits per heavy atom. The average Bonchev–Trinajstić information content (AvgIpc) is 3.55. The van der Waals surface area contributed by atoms with Crippen LogP contribution in [0.25, 0.3) is 5.69 Å². The highest BCUT2D eigenvalue weighted by atomic mass is 16.7. The Labute approximate surface area is 201 Å². The molecule has 14 nitrogen and oxygen atoms in total. The first-order valence-electron chi connectivity index (χ1n) is 10.6. The van der Waals surface area contributed by atoms with Crippen LogP contribution in [0.5, 0.6) is 5.75 Å². The fourth-order valence-electron chi connectivity index (χ4n) is 3.85. The number of ether oxygens (including phenoxy) is 4. The molecule has 0 amide bonds. The van der Waals surface area contributed by atoms with Crippen LogP contribution in [-0.2, 0) is 30.3 Å². The first kappa shape index (κ1) is 23.3. The summed E-state index contributed by atoms with van der Waals surface area (Å²) in [4.78, 5) is 34.9. The van der Waals surface area contributed by atoms with Gasteiger partial charge in [0.15, 0.2) is 18.1 Å². The lowest BCUT2D eigenvalue weighted by Gasteiger charge is -2.18. The number of aromatic hydroxyl groups is 1. The number of esters is 2. The predicted molar refractivity (Wildman–Crippen MR) is 115 cm³/mol. The maximum Gasteiger partial charge on any atom is 0.350 e. The van der Waals surface area contributed by atoms with E-state index in [4.69, 9.17) is 18.9 Å². The molecule has 0 aliphatic carbocycles. The van der Waals surface area contributed by atoms with Crippen molar-refractivity contribution >= 4 is 17.6 Å². The van der Waals surface area contributed by atoms with Crippen molar-refractivity contribution in [2.45, 2.75) is 37.3 Å². The number of aliphatic hydroxyl groups excluding tert-OH is 1. The molecule has 2 fully saturated rings. The number of carbonyl (C=O) groups is 2. The van der Waals surface area contributed by atoms with E-state index in [-0.39, 0.29) is 17.9 Å². The van der Waals surface area contributed by atoms with E-state index in [9.17, 15) is 29.9 Å². The minimum absolute atomic E-state index is 0.177. The molecule has 2 N–H and O–H groups in total. The van der Waals surface area contributed by atoms with Crippen molar-refractivity contribution in [3.63, 3.8) is 0 Å². The zero-order chi connectivity index (χ0) is 25.4. The van der Waals surface area contributed by atoms with Gasteiger partial charge in [-0.3, -0.25) is 10.1 Å². The van der Waals surface area contributed by atoms with Crippen LogP contribution in [0, 0.1) is 10.1 Å². The van der Waals surface area contributed by atoms with Gasteiger partial charge in [0.25, 0.3) is 0 Å². The first-order chi connectivity index (χ1) is 17.3. The SMILES string of the molecule is O=C(O[C@H]1C(=O)O[C@H]2[C@H](O)[C@@H](OCc3cn(-c4ccc(O)c([N+](=O)[O-])c4)nn3)O[C@H]21)c1ccccc1. The van der Waals surface area contributed by atoms with Crippen LogP contribution >= 0.6 is 0 Å². The van der Waals surface area contributed by atoms with Crippen LogP contribution in [0.1, 0.15) is 16.1 Å². The van der Waals surface area contributed by atoms with E-state index < -0.39 is 59.0 Å². The van der Waals surface area contributed by atoms with Gasteiger partial charge in [-0.05, 0) is 24.3 Å². The van der Waals surface area contributed by atoms with Gasteiger partial charge >= 0.3 is 17.6 Å². The van der Waals surface area contributed by atoms with Crippen molar-refractivity contribution in [3.05, 3.63) is 76.1 Å². The fraction of sp³-hybridized carbons (Fsp3) is 0.273. The van der Waals surface area contributed by atoms with Gasteiger partial charge in [-0.1, -0.05) is 23.4 Å². The molecule has 5 atom stereocenters. The smallest absolute Gasteiger partial charge is 0.350 e. The first-order valence-corrected chi connectivity index (χ1v) is 10.6. The van der Waals surface area contributed by atoms with E-state index in [0.29, 0.717) is 5.69 Å². The molecule has 186 valence electrons. The second-order valence-electron chi connectivity index (χ2n) is 7.95. The maximum absolute atomic E-state index is 12.4. The van der Waals surface area contributed by atoms with Crippen molar-refractivity contribution in [3.8, 4) is 11.4 Å². The van der Waals surface area contributed by atoms with Crippen molar-refractivity contribution in [2.75, 3.05) is 0 Å². The molecule has 1 aromatic heterocycles. The molecule has 2 aliphatic rings. The number of hydrogen-bond acceptors (Lipinski definition) is 12. The zero-order valence-electron chi connectivity index (χ0n) is 18.2. The number of carbonyl (C=O) groups excluding carboxylic acids is 2. The van der Waals surface area contributed by atoms with Crippen LogP contribution in [0.3, 0.4) is 0 Å². The number of fused-ring (bicyclic) bond motifs is 1. The second kappa shape index (κ2) is 9.33. The molecule has 0 saturated carbocycles. The summed E-state index contributed by atoms with van der Waals surface area (Å²) >= 11 is 0. The summed E-state index contributed by atoms with van der Waals surface area (Å²) in [5, 5.41) is 38.9. The number of phenols is 1. The number of hydrogen-bond donors (Lipinski definition) is 2. The van der Waals surface area contributed by atoms with E-state index in [0.717, 1.165) is 12.1 Å². The van der Waals surface area contributed by atoms with Gasteiger partial charge in [0.2, 0.25) is 6.10 Å². The zero-order valence-corrected chi connectivity index (χ0v) is 18.2. The number of rotatable bonds is 7. The highest BCUT2D eigenvalue weighted by Crippen LogP contribution is 2.35. The summed E-state index contributed by atoms with van der Waals surface area (Å²) in [6.07, 6.45) is -4.68. The largest absolute Gasteiger partial charge is 0.502 e. The molecular formula is C22H18N4O10. The summed E-state index contributed by atoms with van der Waals surface area (Å²) in [6.45, 7) is -0.177. The molecule has 5 rings (SSSR count). The molecule has 3 aromatic rings. The molecular weight excluding hydrogens is 480 g/mol. The third-order valence-electron chi connectivity index (χ3n) is 5.61. The number of aliphatic hydroxyl groups is 1. The Kier molecular flexibility index (Phi) is 6.05. The van der Waals surface area contributed by atoms with Crippen LogP contribution in [0.4, 0.5) is 5.69 Å². The number of nitro benzene ring substituents is 1. The van der Waals surface area contributed by atoms with E-state index in [2.05, 4.69) is 10.3 Å². The van der Waals surface area contributed by atoms with E-state index >= 15 is 0 Å². The van der Waals surface area contributed by atoms with E-state index in [1.165, 1.54) is 29.1 Å². The minimum atomic E-state index is -1.38. The lowest BCUT2D eigenvalue weighted by atomic mass is 10.1. The number of benzene rings is 2. The fourth-order valence-corrected chi connectivity index (χ4v) is 3.85. The van der Waals surface area contributed by atoms with Crippen molar-refractivity contribution in [2.24, 2.45) is 0 Å².